The summed E-state index contributed by atoms with van der Waals surface area (Å²) in [5.74, 6) is 0.770. The van der Waals surface area contributed by atoms with E-state index in [1.165, 1.54) is 32.1 Å². The van der Waals surface area contributed by atoms with Gasteiger partial charge in [-0.25, -0.2) is 0 Å². The number of nitrogens with two attached hydrogens (primary N) is 1. The largest absolute Gasteiger partial charge is 0.392 e. The molecule has 0 radical (unpaired) electrons. The van der Waals surface area contributed by atoms with E-state index in [9.17, 15) is 4.79 Å². The Hall–Kier alpha value is -0.640. The third-order valence-corrected chi connectivity index (χ3v) is 5.03. The molecule has 0 bridgehead atoms. The van der Waals surface area contributed by atoms with Crippen molar-refractivity contribution in [2.75, 3.05) is 6.54 Å². The van der Waals surface area contributed by atoms with E-state index >= 15 is 0 Å². The first-order valence-corrected chi connectivity index (χ1v) is 7.64. The molecule has 0 aromatic heterocycles. The van der Waals surface area contributed by atoms with Gasteiger partial charge < -0.3 is 11.1 Å². The van der Waals surface area contributed by atoms with Gasteiger partial charge in [0.1, 0.15) is 0 Å². The molecule has 0 spiro atoms. The van der Waals surface area contributed by atoms with E-state index in [1.807, 2.05) is 0 Å². The molecule has 3 N–H and O–H groups in total. The minimum Gasteiger partial charge on any atom is -0.392 e. The second kappa shape index (κ2) is 6.00. The number of rotatable bonds is 4. The summed E-state index contributed by atoms with van der Waals surface area (Å²) in [6.07, 6.45) is 9.99. The first kappa shape index (κ1) is 13.8. The quantitative estimate of drug-likeness (QED) is 0.608. The average molecular weight is 268 g/mol. The van der Waals surface area contributed by atoms with Gasteiger partial charge in [-0.2, -0.15) is 0 Å². The van der Waals surface area contributed by atoms with E-state index in [1.54, 1.807) is 0 Å². The normalized spacial score (nSPS) is 23.8. The van der Waals surface area contributed by atoms with Gasteiger partial charge in [-0.05, 0) is 31.6 Å². The Balaban J connectivity index is 1.97. The van der Waals surface area contributed by atoms with Crippen LogP contribution in [0.2, 0.25) is 0 Å². The first-order chi connectivity index (χ1) is 8.65. The lowest BCUT2D eigenvalue weighted by Gasteiger charge is -2.32. The maximum Gasteiger partial charge on any atom is 0.233 e. The number of thiocarbonyl (C=S) groups is 1. The zero-order valence-electron chi connectivity index (χ0n) is 11.0. The maximum atomic E-state index is 12.5. The molecule has 0 unspecified atom stereocenters. The number of hydrogen-bond acceptors (Lipinski definition) is 2. The number of hydrogen-bond donors (Lipinski definition) is 2. The van der Waals surface area contributed by atoms with Crippen LogP contribution in [-0.4, -0.2) is 17.4 Å². The van der Waals surface area contributed by atoms with Crippen LogP contribution in [0.4, 0.5) is 0 Å². The monoisotopic (exact) mass is 268 g/mol. The summed E-state index contributed by atoms with van der Waals surface area (Å²) in [6.45, 7) is 0.809. The topological polar surface area (TPSA) is 55.1 Å². The highest BCUT2D eigenvalue weighted by Crippen LogP contribution is 2.36. The lowest BCUT2D eigenvalue weighted by atomic mass is 9.78. The van der Waals surface area contributed by atoms with Crippen LogP contribution in [0.3, 0.4) is 0 Å². The predicted molar refractivity (Wildman–Crippen MR) is 77.3 cm³/mol. The van der Waals surface area contributed by atoms with Crippen molar-refractivity contribution >= 4 is 23.1 Å². The molecular weight excluding hydrogens is 244 g/mol. The lowest BCUT2D eigenvalue weighted by molar-refractivity contribution is -0.128. The van der Waals surface area contributed by atoms with Crippen LogP contribution in [0.1, 0.15) is 57.8 Å². The predicted octanol–water partition coefficient (Wildman–Crippen LogP) is 2.53. The Bertz CT molecular complexity index is 318. The van der Waals surface area contributed by atoms with Crippen LogP contribution >= 0.6 is 12.2 Å². The van der Waals surface area contributed by atoms with Crippen LogP contribution in [0.5, 0.6) is 0 Å². The van der Waals surface area contributed by atoms with Gasteiger partial charge in [0.2, 0.25) is 5.91 Å². The molecule has 1 amide bonds. The third kappa shape index (κ3) is 2.85. The highest BCUT2D eigenvalue weighted by molar-refractivity contribution is 7.80. The molecule has 102 valence electrons. The summed E-state index contributed by atoms with van der Waals surface area (Å²) in [4.78, 5) is 12.9. The van der Waals surface area contributed by atoms with Crippen LogP contribution < -0.4 is 11.1 Å². The van der Waals surface area contributed by atoms with E-state index in [0.717, 1.165) is 32.2 Å². The highest BCUT2D eigenvalue weighted by Gasteiger charge is 2.41. The smallest absolute Gasteiger partial charge is 0.233 e. The van der Waals surface area contributed by atoms with Crippen LogP contribution in [0, 0.1) is 11.3 Å². The number of carbonyl (C=O) groups excluding carboxylic acids is 1. The van der Waals surface area contributed by atoms with E-state index in [0.29, 0.717) is 10.9 Å². The molecule has 2 rings (SSSR count). The van der Waals surface area contributed by atoms with Crippen LogP contribution in [0.15, 0.2) is 0 Å². The fourth-order valence-corrected chi connectivity index (χ4v) is 3.32. The Labute approximate surface area is 115 Å². The molecule has 0 saturated heterocycles. The Morgan fingerprint density at radius 3 is 2.22 bits per heavy atom. The molecule has 2 aliphatic carbocycles. The molecule has 2 aliphatic rings. The Kier molecular flexibility index (Phi) is 4.60. The summed E-state index contributed by atoms with van der Waals surface area (Å²) in [6, 6.07) is 0. The summed E-state index contributed by atoms with van der Waals surface area (Å²) in [5, 5.41) is 3.10. The van der Waals surface area contributed by atoms with E-state index in [2.05, 4.69) is 5.32 Å². The van der Waals surface area contributed by atoms with Crippen molar-refractivity contribution in [2.24, 2.45) is 17.1 Å². The minimum absolute atomic E-state index is 0.0869. The maximum absolute atomic E-state index is 12.5. The Morgan fingerprint density at radius 1 is 1.17 bits per heavy atom. The van der Waals surface area contributed by atoms with Crippen molar-refractivity contribution < 1.29 is 4.79 Å². The third-order valence-electron chi connectivity index (χ3n) is 4.64. The SMILES string of the molecule is NC(=S)C1(C(=O)NCC2CCC2)CCCCCC1. The molecule has 0 heterocycles. The van der Waals surface area contributed by atoms with Gasteiger partial charge in [-0.1, -0.05) is 44.3 Å². The number of amides is 1. The zero-order valence-corrected chi connectivity index (χ0v) is 11.9. The van der Waals surface area contributed by atoms with E-state index in [-0.39, 0.29) is 5.91 Å². The fourth-order valence-electron chi connectivity index (χ4n) is 3.02. The molecule has 2 saturated carbocycles. The summed E-state index contributed by atoms with van der Waals surface area (Å²) >= 11 is 5.20. The van der Waals surface area contributed by atoms with Gasteiger partial charge >= 0.3 is 0 Å². The zero-order chi connectivity index (χ0) is 13.0. The molecule has 3 nitrogen and oxygen atoms in total. The molecule has 4 heteroatoms. The Morgan fingerprint density at radius 2 is 1.78 bits per heavy atom. The van der Waals surface area contributed by atoms with Gasteiger partial charge in [-0.15, -0.1) is 0 Å². The number of nitrogens with one attached hydrogen (secondary N) is 1. The number of carbonyl (C=O) groups is 1. The van der Waals surface area contributed by atoms with Gasteiger partial charge in [0.15, 0.2) is 0 Å². The van der Waals surface area contributed by atoms with Crippen LogP contribution in [-0.2, 0) is 4.79 Å². The van der Waals surface area contributed by atoms with Crippen molar-refractivity contribution in [1.29, 1.82) is 0 Å². The van der Waals surface area contributed by atoms with Crippen molar-refractivity contribution in [3.8, 4) is 0 Å². The lowest BCUT2D eigenvalue weighted by Crippen LogP contribution is -2.50. The second-order valence-electron chi connectivity index (χ2n) is 5.87. The van der Waals surface area contributed by atoms with Gasteiger partial charge in [0.05, 0.1) is 10.4 Å². The van der Waals surface area contributed by atoms with Gasteiger partial charge in [0, 0.05) is 6.54 Å². The summed E-state index contributed by atoms with van der Waals surface area (Å²) in [7, 11) is 0. The molecule has 2 fully saturated rings. The standard InChI is InChI=1S/C14H24N2OS/c15-12(18)14(8-3-1-2-4-9-14)13(17)16-10-11-6-5-7-11/h11H,1-10H2,(H2,15,18)(H,16,17). The van der Waals surface area contributed by atoms with Gasteiger partial charge in [0.25, 0.3) is 0 Å². The fraction of sp³-hybridized carbons (Fsp3) is 0.857. The van der Waals surface area contributed by atoms with Crippen LogP contribution in [0.25, 0.3) is 0 Å². The van der Waals surface area contributed by atoms with Crippen molar-refractivity contribution in [3.63, 3.8) is 0 Å². The average Bonchev–Trinajstić information content (AvgIpc) is 2.52. The molecule has 0 aliphatic heterocycles. The molecule has 0 aromatic rings. The molecule has 18 heavy (non-hydrogen) atoms. The van der Waals surface area contributed by atoms with E-state index in [4.69, 9.17) is 18.0 Å². The summed E-state index contributed by atoms with van der Waals surface area (Å²) in [5.41, 5.74) is 5.34. The van der Waals surface area contributed by atoms with Gasteiger partial charge in [-0.3, -0.25) is 4.79 Å². The summed E-state index contributed by atoms with van der Waals surface area (Å²) < 4.78 is 0. The molecular formula is C14H24N2OS. The van der Waals surface area contributed by atoms with Crippen molar-refractivity contribution in [2.45, 2.75) is 57.8 Å². The first-order valence-electron chi connectivity index (χ1n) is 7.23. The van der Waals surface area contributed by atoms with Crippen molar-refractivity contribution in [3.05, 3.63) is 0 Å². The molecule has 0 aromatic carbocycles. The van der Waals surface area contributed by atoms with Crippen molar-refractivity contribution in [1.82, 2.24) is 5.32 Å². The second-order valence-corrected chi connectivity index (χ2v) is 6.31. The van der Waals surface area contributed by atoms with E-state index < -0.39 is 5.41 Å². The minimum atomic E-state index is -0.560. The highest BCUT2D eigenvalue weighted by atomic mass is 32.1. The molecule has 0 atom stereocenters.